The molecule has 120 valence electrons. The third kappa shape index (κ3) is 5.38. The van der Waals surface area contributed by atoms with Gasteiger partial charge in [-0.15, -0.1) is 0 Å². The third-order valence-electron chi connectivity index (χ3n) is 3.09. The Morgan fingerprint density at radius 1 is 1.09 bits per heavy atom. The summed E-state index contributed by atoms with van der Waals surface area (Å²) in [5.74, 6) is -0.307. The second-order valence-corrected chi connectivity index (χ2v) is 5.57. The second kappa shape index (κ2) is 8.29. The maximum absolute atomic E-state index is 11.7. The Labute approximate surface area is 141 Å². The number of esters is 1. The molecule has 0 aromatic heterocycles. The van der Waals surface area contributed by atoms with Gasteiger partial charge in [0.2, 0.25) is 0 Å². The van der Waals surface area contributed by atoms with Crippen LogP contribution in [-0.2, 0) is 4.74 Å². The lowest BCUT2D eigenvalue weighted by Gasteiger charge is -2.11. The summed E-state index contributed by atoms with van der Waals surface area (Å²) < 4.78 is 5.09. The number of benzene rings is 2. The van der Waals surface area contributed by atoms with Gasteiger partial charge in [-0.2, -0.15) is 0 Å². The van der Waals surface area contributed by atoms with Crippen LogP contribution in [0.5, 0.6) is 0 Å². The first-order valence-corrected chi connectivity index (χ1v) is 7.91. The van der Waals surface area contributed by atoms with Crippen molar-refractivity contribution < 1.29 is 9.53 Å². The molecular weight excluding hydrogens is 308 g/mol. The van der Waals surface area contributed by atoms with Crippen molar-refractivity contribution in [3.8, 4) is 0 Å². The van der Waals surface area contributed by atoms with E-state index in [1.54, 1.807) is 24.3 Å². The highest BCUT2D eigenvalue weighted by Crippen LogP contribution is 2.13. The summed E-state index contributed by atoms with van der Waals surface area (Å²) in [6.07, 6.45) is 0.810. The smallest absolute Gasteiger partial charge is 0.338 e. The van der Waals surface area contributed by atoms with Gasteiger partial charge in [-0.3, -0.25) is 0 Å². The van der Waals surface area contributed by atoms with Gasteiger partial charge >= 0.3 is 5.97 Å². The molecule has 0 heterocycles. The van der Waals surface area contributed by atoms with Crippen LogP contribution < -0.4 is 10.6 Å². The fourth-order valence-corrected chi connectivity index (χ4v) is 2.22. The van der Waals surface area contributed by atoms with E-state index in [0.29, 0.717) is 17.3 Å². The third-order valence-corrected chi connectivity index (χ3v) is 3.30. The largest absolute Gasteiger partial charge is 0.462 e. The molecule has 0 unspecified atom stereocenters. The number of hydrogen-bond acceptors (Lipinski definition) is 3. The maximum Gasteiger partial charge on any atom is 0.338 e. The molecule has 2 N–H and O–H groups in total. The van der Waals surface area contributed by atoms with Crippen LogP contribution in [0.3, 0.4) is 0 Å². The van der Waals surface area contributed by atoms with E-state index in [-0.39, 0.29) is 5.97 Å². The first kappa shape index (κ1) is 17.0. The lowest BCUT2D eigenvalue weighted by atomic mass is 10.2. The minimum Gasteiger partial charge on any atom is -0.462 e. The number of nitrogens with one attached hydrogen (secondary N) is 2. The summed E-state index contributed by atoms with van der Waals surface area (Å²) in [5, 5.41) is 6.71. The quantitative estimate of drug-likeness (QED) is 0.630. The van der Waals surface area contributed by atoms with Crippen LogP contribution in [0.4, 0.5) is 11.4 Å². The van der Waals surface area contributed by atoms with Crippen LogP contribution in [0, 0.1) is 6.92 Å². The molecule has 2 rings (SSSR count). The van der Waals surface area contributed by atoms with Gasteiger partial charge in [0.15, 0.2) is 5.11 Å². The average molecular weight is 328 g/mol. The Bertz CT molecular complexity index is 684. The average Bonchev–Trinajstić information content (AvgIpc) is 2.53. The molecule has 0 aliphatic carbocycles. The number of aryl methyl sites for hydroxylation is 1. The highest BCUT2D eigenvalue weighted by atomic mass is 32.1. The van der Waals surface area contributed by atoms with Crippen LogP contribution in [0.25, 0.3) is 0 Å². The summed E-state index contributed by atoms with van der Waals surface area (Å²) in [4.78, 5) is 11.7. The molecule has 0 saturated heterocycles. The molecule has 0 spiro atoms. The van der Waals surface area contributed by atoms with Crippen LogP contribution in [-0.4, -0.2) is 17.7 Å². The summed E-state index contributed by atoms with van der Waals surface area (Å²) in [7, 11) is 0. The van der Waals surface area contributed by atoms with E-state index in [2.05, 4.69) is 10.6 Å². The number of ether oxygens (including phenoxy) is 1. The Hall–Kier alpha value is -2.40. The van der Waals surface area contributed by atoms with Gasteiger partial charge < -0.3 is 15.4 Å². The molecule has 2 aromatic rings. The van der Waals surface area contributed by atoms with Gasteiger partial charge in [-0.1, -0.05) is 19.1 Å². The maximum atomic E-state index is 11.7. The molecule has 5 heteroatoms. The minimum absolute atomic E-state index is 0.307. The molecule has 0 saturated carbocycles. The topological polar surface area (TPSA) is 50.4 Å². The SMILES string of the molecule is CCCOC(=O)c1ccc(NC(=S)Nc2cccc(C)c2)cc1. The van der Waals surface area contributed by atoms with Crippen molar-refractivity contribution in [2.75, 3.05) is 17.2 Å². The number of rotatable bonds is 5. The number of carbonyl (C=O) groups is 1. The minimum atomic E-state index is -0.307. The molecule has 4 nitrogen and oxygen atoms in total. The van der Waals surface area contributed by atoms with Crippen LogP contribution in [0.2, 0.25) is 0 Å². The van der Waals surface area contributed by atoms with Crippen LogP contribution >= 0.6 is 12.2 Å². The summed E-state index contributed by atoms with van der Waals surface area (Å²) in [6, 6.07) is 15.0. The molecule has 2 aromatic carbocycles. The van der Waals surface area contributed by atoms with Crippen molar-refractivity contribution in [3.63, 3.8) is 0 Å². The van der Waals surface area contributed by atoms with E-state index in [4.69, 9.17) is 17.0 Å². The predicted octanol–water partition coefficient (Wildman–Crippen LogP) is 4.37. The molecule has 23 heavy (non-hydrogen) atoms. The highest BCUT2D eigenvalue weighted by Gasteiger charge is 2.06. The van der Waals surface area contributed by atoms with Gasteiger partial charge in [0.05, 0.1) is 12.2 Å². The summed E-state index contributed by atoms with van der Waals surface area (Å²) in [6.45, 7) is 4.42. The first-order chi connectivity index (χ1) is 11.1. The molecule has 0 fully saturated rings. The predicted molar refractivity (Wildman–Crippen MR) is 98.0 cm³/mol. The van der Waals surface area contributed by atoms with Crippen LogP contribution in [0.1, 0.15) is 29.3 Å². The lowest BCUT2D eigenvalue weighted by Crippen LogP contribution is -2.19. The molecule has 0 radical (unpaired) electrons. The van der Waals surface area contributed by atoms with Crippen molar-refractivity contribution in [2.45, 2.75) is 20.3 Å². The van der Waals surface area contributed by atoms with E-state index >= 15 is 0 Å². The monoisotopic (exact) mass is 328 g/mol. The normalized spacial score (nSPS) is 10.0. The van der Waals surface area contributed by atoms with Crippen molar-refractivity contribution in [2.24, 2.45) is 0 Å². The van der Waals surface area contributed by atoms with Gasteiger partial charge in [0.1, 0.15) is 0 Å². The highest BCUT2D eigenvalue weighted by molar-refractivity contribution is 7.80. The Balaban J connectivity index is 1.92. The van der Waals surface area contributed by atoms with Crippen molar-refractivity contribution in [1.29, 1.82) is 0 Å². The van der Waals surface area contributed by atoms with Crippen molar-refractivity contribution >= 4 is 34.7 Å². The first-order valence-electron chi connectivity index (χ1n) is 7.50. The number of carbonyl (C=O) groups excluding carboxylic acids is 1. The summed E-state index contributed by atoms with van der Waals surface area (Å²) in [5.41, 5.74) is 3.43. The molecule has 0 bridgehead atoms. The van der Waals surface area contributed by atoms with Crippen molar-refractivity contribution in [3.05, 3.63) is 59.7 Å². The van der Waals surface area contributed by atoms with E-state index in [1.807, 2.05) is 38.1 Å². The Morgan fingerprint density at radius 3 is 2.43 bits per heavy atom. The fraction of sp³-hybridized carbons (Fsp3) is 0.222. The van der Waals surface area contributed by atoms with Gasteiger partial charge in [0, 0.05) is 11.4 Å². The molecule has 0 aliphatic heterocycles. The Kier molecular flexibility index (Phi) is 6.11. The zero-order valence-corrected chi connectivity index (χ0v) is 14.1. The molecule has 0 atom stereocenters. The van der Waals surface area contributed by atoms with E-state index < -0.39 is 0 Å². The standard InChI is InChI=1S/C18H20N2O2S/c1-3-11-22-17(21)14-7-9-15(10-8-14)19-18(23)20-16-6-4-5-13(2)12-16/h4-10,12H,3,11H2,1-2H3,(H2,19,20,23). The zero-order chi connectivity index (χ0) is 16.7. The van der Waals surface area contributed by atoms with Gasteiger partial charge in [0.25, 0.3) is 0 Å². The van der Waals surface area contributed by atoms with E-state index in [1.165, 1.54) is 0 Å². The molecular formula is C18H20N2O2S. The van der Waals surface area contributed by atoms with Gasteiger partial charge in [-0.05, 0) is 67.5 Å². The number of thiocarbonyl (C=S) groups is 1. The molecule has 0 aliphatic rings. The Morgan fingerprint density at radius 2 is 1.78 bits per heavy atom. The molecule has 0 amide bonds. The van der Waals surface area contributed by atoms with Crippen LogP contribution in [0.15, 0.2) is 48.5 Å². The summed E-state index contributed by atoms with van der Waals surface area (Å²) >= 11 is 5.29. The fourth-order valence-electron chi connectivity index (χ4n) is 1.98. The number of hydrogen-bond donors (Lipinski definition) is 2. The second-order valence-electron chi connectivity index (χ2n) is 5.16. The lowest BCUT2D eigenvalue weighted by molar-refractivity contribution is 0.0505. The van der Waals surface area contributed by atoms with Gasteiger partial charge in [-0.25, -0.2) is 4.79 Å². The zero-order valence-electron chi connectivity index (χ0n) is 13.3. The van der Waals surface area contributed by atoms with E-state index in [9.17, 15) is 4.79 Å². The van der Waals surface area contributed by atoms with Crippen molar-refractivity contribution in [1.82, 2.24) is 0 Å². The van der Waals surface area contributed by atoms with E-state index in [0.717, 1.165) is 23.4 Å². The number of anilines is 2.